The van der Waals surface area contributed by atoms with Crippen LogP contribution < -0.4 is 56.7 Å². The van der Waals surface area contributed by atoms with E-state index in [1.54, 1.807) is 0 Å². The number of nitrogens with one attached hydrogen (secondary N) is 1. The van der Waals surface area contributed by atoms with Gasteiger partial charge >= 0.3 is 51.4 Å². The van der Waals surface area contributed by atoms with Gasteiger partial charge in [-0.25, -0.2) is 0 Å². The molecule has 0 fully saturated rings. The molecule has 0 saturated carbocycles. The Morgan fingerprint density at radius 2 is 2.29 bits per heavy atom. The quantitative estimate of drug-likeness (QED) is 0.174. The van der Waals surface area contributed by atoms with Gasteiger partial charge in [-0.1, -0.05) is 0 Å². The number of aliphatic hydroxyl groups excluding tert-OH is 1. The molecule has 0 saturated heterocycles. The van der Waals surface area contributed by atoms with Crippen LogP contribution in [0, 0.1) is 0 Å². The van der Waals surface area contributed by atoms with Gasteiger partial charge in [-0.2, -0.15) is 6.41 Å². The zero-order chi connectivity index (χ0) is 4.83. The molecule has 0 atom stereocenters. The normalized spacial score (nSPS) is 6.43. The van der Waals surface area contributed by atoms with Crippen molar-refractivity contribution in [2.45, 2.75) is 0 Å². The molecule has 0 aromatic rings. The van der Waals surface area contributed by atoms with Gasteiger partial charge in [-0.15, -0.1) is 0 Å². The van der Waals surface area contributed by atoms with Crippen LogP contribution in [0.5, 0.6) is 0 Å². The Morgan fingerprint density at radius 1 is 1.71 bits per heavy atom. The predicted octanol–water partition coefficient (Wildman–Crippen LogP) is -4.36. The molecule has 2 N–H and O–H groups in total. The second-order valence-electron chi connectivity index (χ2n) is 0.752. The molecule has 3 nitrogen and oxygen atoms in total. The second kappa shape index (κ2) is 10.1. The first-order valence-corrected chi connectivity index (χ1v) is 1.62. The summed E-state index contributed by atoms with van der Waals surface area (Å²) >= 11 is 0. The van der Waals surface area contributed by atoms with Crippen molar-refractivity contribution in [1.82, 2.24) is 5.32 Å². The molecule has 0 aliphatic carbocycles. The largest absolute Gasteiger partial charge is 1.00 e. The fourth-order valence-corrected chi connectivity index (χ4v) is 0.107. The Kier molecular flexibility index (Phi) is 15.8. The summed E-state index contributed by atoms with van der Waals surface area (Å²) < 4.78 is 0. The Bertz CT molecular complexity index is 41.9. The number of carbonyl (C=O) groups excluding carboxylic acids is 1. The molecule has 0 aliphatic rings. The maximum atomic E-state index is 9.22. The summed E-state index contributed by atoms with van der Waals surface area (Å²) in [5, 5.41) is 10.1. The number of aliphatic hydroxyl groups is 1. The number of hydrogen-bond acceptors (Lipinski definition) is 2. The molecular weight excluding hydrogens is 121 g/mol. The molecule has 0 aliphatic heterocycles. The van der Waals surface area contributed by atoms with Crippen LogP contribution in [0.3, 0.4) is 0 Å². The fourth-order valence-electron chi connectivity index (χ4n) is 0.107. The monoisotopic (exact) mass is 127 g/mol. The van der Waals surface area contributed by atoms with Crippen LogP contribution in [-0.2, 0) is 4.79 Å². The summed E-state index contributed by atoms with van der Waals surface area (Å²) in [5.74, 6) is 0. The van der Waals surface area contributed by atoms with E-state index in [4.69, 9.17) is 5.11 Å². The van der Waals surface area contributed by atoms with Gasteiger partial charge in [0.1, 0.15) is 0 Å². The summed E-state index contributed by atoms with van der Waals surface area (Å²) in [6.07, 6.45) is 1.41. The van der Waals surface area contributed by atoms with Gasteiger partial charge in [-0.3, -0.25) is 0 Å². The molecule has 36 valence electrons. The standard InChI is InChI=1S/C3H6NO2.K/c5-2-1-4-3-6;/h5H,1-2H2,(H,4,6);/q-1;+1. The van der Waals surface area contributed by atoms with Crippen molar-refractivity contribution in [3.8, 4) is 0 Å². The first kappa shape index (κ1) is 10.9. The Labute approximate surface area is 84.9 Å². The van der Waals surface area contributed by atoms with Crippen LogP contribution in [0.2, 0.25) is 0 Å². The molecule has 7 heavy (non-hydrogen) atoms. The third-order valence-corrected chi connectivity index (χ3v) is 0.309. The summed E-state index contributed by atoms with van der Waals surface area (Å²) in [6.45, 7) is 0.277. The average Bonchev–Trinajstić information content (AvgIpc) is 1.61. The average molecular weight is 127 g/mol. The molecule has 0 aromatic carbocycles. The molecule has 1 amide bonds. The molecule has 0 heterocycles. The third kappa shape index (κ3) is 11.0. The summed E-state index contributed by atoms with van der Waals surface area (Å²) in [7, 11) is 0. The van der Waals surface area contributed by atoms with E-state index in [-0.39, 0.29) is 58.0 Å². The third-order valence-electron chi connectivity index (χ3n) is 0.309. The van der Waals surface area contributed by atoms with Gasteiger partial charge < -0.3 is 15.2 Å². The minimum Gasteiger partial charge on any atom is -0.528 e. The van der Waals surface area contributed by atoms with Crippen LogP contribution in [-0.4, -0.2) is 24.7 Å². The van der Waals surface area contributed by atoms with Crippen molar-refractivity contribution in [3.63, 3.8) is 0 Å². The van der Waals surface area contributed by atoms with E-state index < -0.39 is 0 Å². The molecular formula is C3H6KNO2. The first-order valence-electron chi connectivity index (χ1n) is 1.62. The molecule has 0 rings (SSSR count). The molecule has 0 spiro atoms. The minimum absolute atomic E-state index is 0. The summed E-state index contributed by atoms with van der Waals surface area (Å²) in [6, 6.07) is 0. The smallest absolute Gasteiger partial charge is 0.528 e. The first-order chi connectivity index (χ1) is 2.91. The molecule has 0 radical (unpaired) electrons. The van der Waals surface area contributed by atoms with Crippen molar-refractivity contribution < 1.29 is 61.3 Å². The minimum atomic E-state index is -0.0186. The molecule has 0 unspecified atom stereocenters. The van der Waals surface area contributed by atoms with Crippen molar-refractivity contribution in [2.75, 3.05) is 13.2 Å². The van der Waals surface area contributed by atoms with E-state index >= 15 is 0 Å². The molecule has 4 heteroatoms. The van der Waals surface area contributed by atoms with Gasteiger partial charge in [0.15, 0.2) is 0 Å². The van der Waals surface area contributed by atoms with Gasteiger partial charge in [0.2, 0.25) is 0 Å². The maximum absolute atomic E-state index is 9.22. The van der Waals surface area contributed by atoms with E-state index in [1.165, 1.54) is 6.41 Å². The zero-order valence-electron chi connectivity index (χ0n) is 4.27. The maximum Gasteiger partial charge on any atom is 1.00 e. The van der Waals surface area contributed by atoms with Crippen LogP contribution in [0.4, 0.5) is 0 Å². The molecule has 0 bridgehead atoms. The number of amides is 1. The van der Waals surface area contributed by atoms with Gasteiger partial charge in [-0.05, 0) is 0 Å². The topological polar surface area (TPSA) is 49.3 Å². The number of rotatable bonds is 3. The number of hydrogen-bond donors (Lipinski definition) is 2. The van der Waals surface area contributed by atoms with Gasteiger partial charge in [0.25, 0.3) is 0 Å². The van der Waals surface area contributed by atoms with E-state index in [0.29, 0.717) is 6.54 Å². The summed E-state index contributed by atoms with van der Waals surface area (Å²) in [5.41, 5.74) is 0. The fraction of sp³-hybridized carbons (Fsp3) is 0.667. The van der Waals surface area contributed by atoms with Crippen LogP contribution >= 0.6 is 0 Å². The van der Waals surface area contributed by atoms with E-state index in [9.17, 15) is 4.79 Å². The van der Waals surface area contributed by atoms with Gasteiger partial charge in [0.05, 0.1) is 6.61 Å². The Balaban J connectivity index is 0. The van der Waals surface area contributed by atoms with Crippen LogP contribution in [0.15, 0.2) is 0 Å². The van der Waals surface area contributed by atoms with Crippen LogP contribution in [0.1, 0.15) is 0 Å². The summed E-state index contributed by atoms with van der Waals surface area (Å²) in [4.78, 5) is 9.22. The van der Waals surface area contributed by atoms with Crippen molar-refractivity contribution in [1.29, 1.82) is 0 Å². The Hall–Kier alpha value is 1.07. The zero-order valence-corrected chi connectivity index (χ0v) is 7.39. The Morgan fingerprint density at radius 3 is 2.43 bits per heavy atom. The van der Waals surface area contributed by atoms with Crippen LogP contribution in [0.25, 0.3) is 0 Å². The van der Waals surface area contributed by atoms with Crippen molar-refractivity contribution >= 4 is 6.41 Å². The van der Waals surface area contributed by atoms with Gasteiger partial charge in [0, 0.05) is 6.54 Å². The van der Waals surface area contributed by atoms with E-state index in [1.807, 2.05) is 0 Å². The predicted molar refractivity (Wildman–Crippen MR) is 20.8 cm³/mol. The SMILES string of the molecule is O=[C-]NCCO.[K+]. The van der Waals surface area contributed by atoms with Crippen molar-refractivity contribution in [3.05, 3.63) is 0 Å². The van der Waals surface area contributed by atoms with Crippen molar-refractivity contribution in [2.24, 2.45) is 0 Å². The molecule has 0 aromatic heterocycles. The van der Waals surface area contributed by atoms with E-state index in [0.717, 1.165) is 0 Å². The van der Waals surface area contributed by atoms with E-state index in [2.05, 4.69) is 5.32 Å². The second-order valence-corrected chi connectivity index (χ2v) is 0.752.